The van der Waals surface area contributed by atoms with Crippen molar-refractivity contribution in [3.8, 4) is 5.69 Å². The summed E-state index contributed by atoms with van der Waals surface area (Å²) >= 11 is 1.46. The number of hydrogen-bond acceptors (Lipinski definition) is 6. The van der Waals surface area contributed by atoms with E-state index in [4.69, 9.17) is 5.10 Å². The number of fused-ring (bicyclic) bond motifs is 2. The highest BCUT2D eigenvalue weighted by atomic mass is 32.1. The van der Waals surface area contributed by atoms with Gasteiger partial charge in [-0.1, -0.05) is 24.6 Å². The normalized spacial score (nSPS) is 16.9. The summed E-state index contributed by atoms with van der Waals surface area (Å²) in [5.41, 5.74) is 4.70. The molecule has 0 saturated carbocycles. The maximum Gasteiger partial charge on any atom is 0.274 e. The topological polar surface area (TPSA) is 75.7 Å². The van der Waals surface area contributed by atoms with E-state index in [0.29, 0.717) is 25.3 Å². The zero-order valence-corrected chi connectivity index (χ0v) is 20.4. The van der Waals surface area contributed by atoms with Gasteiger partial charge in [0.2, 0.25) is 0 Å². The van der Waals surface area contributed by atoms with Gasteiger partial charge in [0.05, 0.1) is 11.4 Å². The SMILES string of the molecule is O=C(c1nn(-c2ccccc2)c2c1CCCCC2)N1CCN(Cc2cc(=O)n3ccsc3n2)CC1. The van der Waals surface area contributed by atoms with E-state index in [1.54, 1.807) is 16.7 Å². The van der Waals surface area contributed by atoms with E-state index in [-0.39, 0.29) is 11.5 Å². The van der Waals surface area contributed by atoms with Crippen LogP contribution in [0, 0.1) is 0 Å². The van der Waals surface area contributed by atoms with E-state index in [9.17, 15) is 9.59 Å². The van der Waals surface area contributed by atoms with Gasteiger partial charge in [0.25, 0.3) is 11.5 Å². The molecule has 1 amide bonds. The highest BCUT2D eigenvalue weighted by molar-refractivity contribution is 7.15. The zero-order chi connectivity index (χ0) is 23.8. The number of rotatable bonds is 4. The molecule has 0 radical (unpaired) electrons. The lowest BCUT2D eigenvalue weighted by atomic mass is 10.1. The predicted octanol–water partition coefficient (Wildman–Crippen LogP) is 3.17. The van der Waals surface area contributed by atoms with Crippen LogP contribution in [0.1, 0.15) is 46.7 Å². The molecule has 35 heavy (non-hydrogen) atoms. The van der Waals surface area contributed by atoms with Crippen LogP contribution in [0.25, 0.3) is 10.6 Å². The lowest BCUT2D eigenvalue weighted by molar-refractivity contribution is 0.0620. The maximum absolute atomic E-state index is 13.6. The van der Waals surface area contributed by atoms with E-state index in [2.05, 4.69) is 22.0 Å². The third kappa shape index (κ3) is 4.30. The molecule has 1 aliphatic heterocycles. The second-order valence-corrected chi connectivity index (χ2v) is 10.2. The van der Waals surface area contributed by atoms with Crippen LogP contribution in [0.5, 0.6) is 0 Å². The standard InChI is InChI=1S/C26H28N6O2S/c33-23-17-19(27-26-31(23)15-16-35-26)18-29-11-13-30(14-12-29)25(34)24-21-9-5-2-6-10-22(21)32(28-24)20-7-3-1-4-8-20/h1,3-4,7-8,15-17H,2,5-6,9-14,18H2. The van der Waals surface area contributed by atoms with E-state index >= 15 is 0 Å². The molecule has 0 bridgehead atoms. The Balaban J connectivity index is 1.19. The molecular weight excluding hydrogens is 460 g/mol. The summed E-state index contributed by atoms with van der Waals surface area (Å²) in [6, 6.07) is 11.8. The molecular formula is C26H28N6O2S. The van der Waals surface area contributed by atoms with Gasteiger partial charge in [-0.2, -0.15) is 5.10 Å². The quantitative estimate of drug-likeness (QED) is 0.413. The van der Waals surface area contributed by atoms with Crippen LogP contribution in [0.4, 0.5) is 0 Å². The van der Waals surface area contributed by atoms with Crippen molar-refractivity contribution in [1.29, 1.82) is 0 Å². The number of piperazine rings is 1. The molecule has 2 aliphatic rings. The average Bonchev–Trinajstić information content (AvgIpc) is 3.42. The number of aromatic nitrogens is 4. The first kappa shape index (κ1) is 22.2. The molecule has 8 nitrogen and oxygen atoms in total. The molecule has 1 fully saturated rings. The minimum atomic E-state index is -0.0465. The van der Waals surface area contributed by atoms with Gasteiger partial charge < -0.3 is 4.90 Å². The molecule has 4 heterocycles. The average molecular weight is 489 g/mol. The van der Waals surface area contributed by atoms with Gasteiger partial charge >= 0.3 is 0 Å². The zero-order valence-electron chi connectivity index (χ0n) is 19.6. The molecule has 180 valence electrons. The van der Waals surface area contributed by atoms with Crippen molar-refractivity contribution in [3.05, 3.63) is 81.0 Å². The van der Waals surface area contributed by atoms with Crippen molar-refractivity contribution >= 4 is 22.2 Å². The summed E-state index contributed by atoms with van der Waals surface area (Å²) < 4.78 is 3.57. The summed E-state index contributed by atoms with van der Waals surface area (Å²) in [6.45, 7) is 3.40. The van der Waals surface area contributed by atoms with Gasteiger partial charge in [0.1, 0.15) is 0 Å². The Labute approximate surface area is 207 Å². The fraction of sp³-hybridized carbons (Fsp3) is 0.385. The fourth-order valence-electron chi connectivity index (χ4n) is 5.19. The molecule has 1 saturated heterocycles. The summed E-state index contributed by atoms with van der Waals surface area (Å²) in [5.74, 6) is 0.0360. The van der Waals surface area contributed by atoms with Gasteiger partial charge in [-0.3, -0.25) is 18.9 Å². The summed E-state index contributed by atoms with van der Waals surface area (Å²) in [5, 5.41) is 6.74. The van der Waals surface area contributed by atoms with Crippen LogP contribution in [0.3, 0.4) is 0 Å². The highest BCUT2D eigenvalue weighted by Crippen LogP contribution is 2.27. The highest BCUT2D eigenvalue weighted by Gasteiger charge is 2.30. The van der Waals surface area contributed by atoms with Crippen molar-refractivity contribution in [3.63, 3.8) is 0 Å². The van der Waals surface area contributed by atoms with Crippen molar-refractivity contribution in [1.82, 2.24) is 29.0 Å². The largest absolute Gasteiger partial charge is 0.335 e. The lowest BCUT2D eigenvalue weighted by Crippen LogP contribution is -2.48. The Bertz CT molecular complexity index is 1410. The number of para-hydroxylation sites is 1. The molecule has 0 N–H and O–H groups in total. The smallest absolute Gasteiger partial charge is 0.274 e. The van der Waals surface area contributed by atoms with Crippen molar-refractivity contribution in [2.75, 3.05) is 26.2 Å². The van der Waals surface area contributed by atoms with Gasteiger partial charge in [0.15, 0.2) is 10.7 Å². The Kier molecular flexibility index (Phi) is 5.95. The number of carbonyl (C=O) groups is 1. The maximum atomic E-state index is 13.6. The van der Waals surface area contributed by atoms with E-state index < -0.39 is 0 Å². The molecule has 1 aliphatic carbocycles. The van der Waals surface area contributed by atoms with Crippen LogP contribution in [0.2, 0.25) is 0 Å². The Hall–Kier alpha value is -3.30. The first-order valence-electron chi connectivity index (χ1n) is 12.3. The summed E-state index contributed by atoms with van der Waals surface area (Å²) in [7, 11) is 0. The van der Waals surface area contributed by atoms with Crippen LogP contribution in [-0.4, -0.2) is 61.1 Å². The number of carbonyl (C=O) groups excluding carboxylic acids is 1. The number of nitrogens with zero attached hydrogens (tertiary/aromatic N) is 6. The van der Waals surface area contributed by atoms with Crippen molar-refractivity contribution < 1.29 is 4.79 Å². The molecule has 4 aromatic rings. The second kappa shape index (κ2) is 9.39. The van der Waals surface area contributed by atoms with E-state index in [1.165, 1.54) is 23.5 Å². The number of benzene rings is 1. The predicted molar refractivity (Wildman–Crippen MR) is 135 cm³/mol. The van der Waals surface area contributed by atoms with Crippen LogP contribution in [-0.2, 0) is 19.4 Å². The van der Waals surface area contributed by atoms with E-state index in [0.717, 1.165) is 60.7 Å². The number of hydrogen-bond donors (Lipinski definition) is 0. The third-order valence-corrected chi connectivity index (χ3v) is 7.79. The molecule has 0 atom stereocenters. The summed E-state index contributed by atoms with van der Waals surface area (Å²) in [6.07, 6.45) is 7.04. The second-order valence-electron chi connectivity index (χ2n) is 9.29. The molecule has 0 spiro atoms. The molecule has 0 unspecified atom stereocenters. The van der Waals surface area contributed by atoms with Crippen LogP contribution >= 0.6 is 11.3 Å². The summed E-state index contributed by atoms with van der Waals surface area (Å²) in [4.78, 5) is 35.5. The van der Waals surface area contributed by atoms with Gasteiger partial charge in [-0.15, -0.1) is 11.3 Å². The van der Waals surface area contributed by atoms with Gasteiger partial charge in [0, 0.05) is 61.6 Å². The van der Waals surface area contributed by atoms with Gasteiger partial charge in [-0.25, -0.2) is 9.67 Å². The lowest BCUT2D eigenvalue weighted by Gasteiger charge is -2.34. The first-order valence-corrected chi connectivity index (χ1v) is 13.2. The van der Waals surface area contributed by atoms with Crippen LogP contribution in [0.15, 0.2) is 52.8 Å². The van der Waals surface area contributed by atoms with Crippen LogP contribution < -0.4 is 5.56 Å². The Morgan fingerprint density at radius 1 is 1.00 bits per heavy atom. The first-order chi connectivity index (χ1) is 17.2. The molecule has 1 aromatic carbocycles. The Morgan fingerprint density at radius 3 is 2.63 bits per heavy atom. The minimum absolute atomic E-state index is 0.0360. The fourth-order valence-corrected chi connectivity index (χ4v) is 5.93. The Morgan fingerprint density at radius 2 is 1.80 bits per heavy atom. The van der Waals surface area contributed by atoms with Crippen molar-refractivity contribution in [2.45, 2.75) is 38.6 Å². The van der Waals surface area contributed by atoms with E-state index in [1.807, 2.05) is 33.2 Å². The number of thiazole rings is 1. The number of amides is 1. The minimum Gasteiger partial charge on any atom is -0.335 e. The molecule has 6 rings (SSSR count). The third-order valence-electron chi connectivity index (χ3n) is 7.03. The molecule has 9 heteroatoms. The molecule has 3 aromatic heterocycles. The monoisotopic (exact) mass is 488 g/mol. The van der Waals surface area contributed by atoms with Crippen molar-refractivity contribution in [2.24, 2.45) is 0 Å². The van der Waals surface area contributed by atoms with Gasteiger partial charge in [-0.05, 0) is 37.8 Å².